The maximum atomic E-state index is 14.3. The predicted octanol–water partition coefficient (Wildman–Crippen LogP) is 4.03. The number of carbonyl (C=O) groups excluding carboxylic acids is 2. The molecule has 0 saturated heterocycles. The molecule has 0 aliphatic carbocycles. The number of ether oxygens (including phenoxy) is 2. The van der Waals surface area contributed by atoms with E-state index in [9.17, 15) is 36.5 Å². The summed E-state index contributed by atoms with van der Waals surface area (Å²) in [5.74, 6) is -1.71. The molecule has 0 aliphatic heterocycles. The van der Waals surface area contributed by atoms with Gasteiger partial charge in [-0.3, -0.25) is 9.36 Å². The summed E-state index contributed by atoms with van der Waals surface area (Å²) < 4.78 is 78.1. The van der Waals surface area contributed by atoms with E-state index in [0.29, 0.717) is 12.8 Å². The number of unbranched alkanes of at least 4 members (excludes halogenated alkanes) is 1. The van der Waals surface area contributed by atoms with E-state index in [1.807, 2.05) is 0 Å². The Morgan fingerprint density at radius 2 is 1.73 bits per heavy atom. The first-order chi connectivity index (χ1) is 21.1. The lowest BCUT2D eigenvalue weighted by atomic mass is 10.0. The lowest BCUT2D eigenvalue weighted by Crippen LogP contribution is -2.48. The molecule has 5 N–H and O–H groups in total. The van der Waals surface area contributed by atoms with Crippen LogP contribution in [-0.2, 0) is 36.2 Å². The number of amides is 1. The van der Waals surface area contributed by atoms with Gasteiger partial charge in [-0.25, -0.2) is 13.2 Å². The van der Waals surface area contributed by atoms with Crippen LogP contribution in [0.5, 0.6) is 11.5 Å². The Morgan fingerprint density at radius 1 is 1.04 bits per heavy atom. The molecule has 1 unspecified atom stereocenters. The zero-order valence-corrected chi connectivity index (χ0v) is 26.9. The number of phenols is 1. The largest absolute Gasteiger partial charge is 0.507 e. The van der Waals surface area contributed by atoms with Crippen molar-refractivity contribution in [2.75, 3.05) is 20.3 Å². The Bertz CT molecular complexity index is 1670. The molecule has 1 atom stereocenters. The number of methoxy groups -OCH3 is 1. The minimum Gasteiger partial charge on any atom is -0.507 e. The van der Waals surface area contributed by atoms with Gasteiger partial charge in [-0.15, -0.1) is 0 Å². The molecule has 17 heteroatoms. The standard InChI is InChI=1S/C28H30BrF2N2O10PS/c1-42-27(36)25-23(34)10-7-11-24(25)43-15-6-5-14-32-26(35)22(33-45(40,41)19-8-3-2-4-9-19)17-18-12-13-20(21(29)16-18)28(30,31)44(37,38)39/h2-4,7-13,16,22,33-34H,5-6,14-15,17H2,1H3,(H,32,35)(H2,37,38,39). The van der Waals surface area contributed by atoms with Crippen molar-refractivity contribution in [3.63, 3.8) is 0 Å². The minimum atomic E-state index is -5.85. The highest BCUT2D eigenvalue weighted by molar-refractivity contribution is 9.10. The Kier molecular flexibility index (Phi) is 12.2. The molecule has 12 nitrogen and oxygen atoms in total. The molecule has 244 valence electrons. The number of halogens is 3. The zero-order valence-electron chi connectivity index (χ0n) is 23.7. The molecule has 0 aromatic heterocycles. The van der Waals surface area contributed by atoms with E-state index in [0.717, 1.165) is 25.3 Å². The van der Waals surface area contributed by atoms with Crippen molar-refractivity contribution in [1.29, 1.82) is 0 Å². The normalized spacial score (nSPS) is 12.8. The summed E-state index contributed by atoms with van der Waals surface area (Å²) in [5, 5.41) is 12.6. The van der Waals surface area contributed by atoms with Crippen LogP contribution in [0.25, 0.3) is 0 Å². The molecule has 0 fully saturated rings. The highest BCUT2D eigenvalue weighted by atomic mass is 79.9. The smallest absolute Gasteiger partial charge is 0.399 e. The van der Waals surface area contributed by atoms with Gasteiger partial charge in [0.2, 0.25) is 15.9 Å². The number of sulfonamides is 1. The Hall–Kier alpha value is -3.40. The van der Waals surface area contributed by atoms with Crippen LogP contribution in [0.3, 0.4) is 0 Å². The Morgan fingerprint density at radius 3 is 2.36 bits per heavy atom. The van der Waals surface area contributed by atoms with Crippen molar-refractivity contribution in [3.05, 3.63) is 87.9 Å². The maximum Gasteiger partial charge on any atom is 0.399 e. The number of hydrogen-bond acceptors (Lipinski definition) is 8. The molecule has 0 radical (unpaired) electrons. The monoisotopic (exact) mass is 734 g/mol. The minimum absolute atomic E-state index is 0.0901. The number of aromatic hydroxyl groups is 1. The summed E-state index contributed by atoms with van der Waals surface area (Å²) >= 11 is 2.89. The Labute approximate surface area is 266 Å². The number of benzene rings is 3. The molecule has 3 rings (SSSR count). The van der Waals surface area contributed by atoms with Crippen molar-refractivity contribution in [2.24, 2.45) is 0 Å². The van der Waals surface area contributed by atoms with Gasteiger partial charge in [-0.05, 0) is 55.2 Å². The first kappa shape index (κ1) is 36.1. The lowest BCUT2D eigenvalue weighted by Gasteiger charge is -2.21. The third kappa shape index (κ3) is 9.31. The van der Waals surface area contributed by atoms with Crippen molar-refractivity contribution in [2.45, 2.75) is 35.9 Å². The van der Waals surface area contributed by atoms with Crippen molar-refractivity contribution < 1.29 is 55.7 Å². The van der Waals surface area contributed by atoms with Gasteiger partial charge in [-0.2, -0.15) is 13.5 Å². The van der Waals surface area contributed by atoms with Crippen LogP contribution in [0.4, 0.5) is 8.78 Å². The van der Waals surface area contributed by atoms with Crippen LogP contribution in [0.2, 0.25) is 0 Å². The van der Waals surface area contributed by atoms with Gasteiger partial charge in [0.25, 0.3) is 0 Å². The van der Waals surface area contributed by atoms with E-state index in [-0.39, 0.29) is 51.6 Å². The van der Waals surface area contributed by atoms with E-state index < -0.39 is 46.8 Å². The van der Waals surface area contributed by atoms with Gasteiger partial charge in [-0.1, -0.05) is 52.3 Å². The lowest BCUT2D eigenvalue weighted by molar-refractivity contribution is -0.122. The highest BCUT2D eigenvalue weighted by Gasteiger charge is 2.51. The zero-order chi connectivity index (χ0) is 33.4. The van der Waals surface area contributed by atoms with Crippen LogP contribution in [0.1, 0.15) is 34.3 Å². The molecule has 45 heavy (non-hydrogen) atoms. The summed E-state index contributed by atoms with van der Waals surface area (Å²) in [4.78, 5) is 43.1. The van der Waals surface area contributed by atoms with E-state index in [1.165, 1.54) is 42.5 Å². The molecule has 0 saturated carbocycles. The average Bonchev–Trinajstić information content (AvgIpc) is 2.97. The summed E-state index contributed by atoms with van der Waals surface area (Å²) in [7, 11) is -8.88. The average molecular weight is 735 g/mol. The third-order valence-corrected chi connectivity index (χ3v) is 9.47. The van der Waals surface area contributed by atoms with E-state index in [2.05, 4.69) is 30.7 Å². The quantitative estimate of drug-likeness (QED) is 0.0867. The van der Waals surface area contributed by atoms with Crippen LogP contribution >= 0.6 is 23.5 Å². The fraction of sp³-hybridized carbons (Fsp3) is 0.286. The number of carbonyl (C=O) groups is 2. The third-order valence-electron chi connectivity index (χ3n) is 6.35. The molecule has 0 spiro atoms. The number of rotatable bonds is 15. The number of esters is 1. The van der Waals surface area contributed by atoms with Crippen molar-refractivity contribution in [3.8, 4) is 11.5 Å². The molecular weight excluding hydrogens is 705 g/mol. The second kappa shape index (κ2) is 15.3. The topological polar surface area (TPSA) is 189 Å². The molecular formula is C28H30BrF2N2O10PS. The van der Waals surface area contributed by atoms with Crippen LogP contribution in [-0.4, -0.2) is 61.5 Å². The van der Waals surface area contributed by atoms with Gasteiger partial charge in [0.1, 0.15) is 23.1 Å². The summed E-state index contributed by atoms with van der Waals surface area (Å²) in [6.45, 7) is 0.194. The van der Waals surface area contributed by atoms with Crippen molar-refractivity contribution in [1.82, 2.24) is 10.0 Å². The van der Waals surface area contributed by atoms with Crippen molar-refractivity contribution >= 4 is 45.4 Å². The van der Waals surface area contributed by atoms with Gasteiger partial charge in [0.05, 0.1) is 18.6 Å². The summed E-state index contributed by atoms with van der Waals surface area (Å²) in [5.41, 5.74) is -5.38. The van der Waals surface area contributed by atoms with Crippen LogP contribution in [0, 0.1) is 0 Å². The second-order valence-corrected chi connectivity index (χ2v) is 13.8. The summed E-state index contributed by atoms with van der Waals surface area (Å²) in [6, 6.07) is 13.1. The number of hydrogen-bond donors (Lipinski definition) is 5. The molecule has 0 aliphatic rings. The fourth-order valence-corrected chi connectivity index (χ4v) is 6.61. The van der Waals surface area contributed by atoms with E-state index >= 15 is 0 Å². The van der Waals surface area contributed by atoms with Crippen LogP contribution < -0.4 is 14.8 Å². The number of phenolic OH excluding ortho intramolecular Hbond substituents is 1. The van der Waals surface area contributed by atoms with E-state index in [4.69, 9.17) is 14.5 Å². The first-order valence-electron chi connectivity index (χ1n) is 13.2. The molecule has 0 heterocycles. The highest BCUT2D eigenvalue weighted by Crippen LogP contribution is 2.60. The van der Waals surface area contributed by atoms with Gasteiger partial charge < -0.3 is 29.7 Å². The predicted molar refractivity (Wildman–Crippen MR) is 162 cm³/mol. The summed E-state index contributed by atoms with van der Waals surface area (Å²) in [6.07, 6.45) is 0.461. The SMILES string of the molecule is COC(=O)c1c(O)cccc1OCCCCNC(=O)C(Cc1ccc(C(F)(F)P(=O)(O)O)c(Br)c1)NS(=O)(=O)c1ccccc1. The van der Waals surface area contributed by atoms with E-state index in [1.54, 1.807) is 6.07 Å². The second-order valence-electron chi connectivity index (χ2n) is 9.58. The molecule has 3 aromatic carbocycles. The van der Waals surface area contributed by atoms with Gasteiger partial charge in [0.15, 0.2) is 0 Å². The van der Waals surface area contributed by atoms with Gasteiger partial charge >= 0.3 is 19.2 Å². The molecule has 1 amide bonds. The molecule has 3 aromatic rings. The fourth-order valence-electron chi connectivity index (χ4n) is 4.06. The molecule has 0 bridgehead atoms. The van der Waals surface area contributed by atoms with Crippen LogP contribution in [0.15, 0.2) is 76.1 Å². The number of alkyl halides is 2. The number of nitrogens with one attached hydrogen (secondary N) is 2. The van der Waals surface area contributed by atoms with Gasteiger partial charge in [0, 0.05) is 16.6 Å². The Balaban J connectivity index is 1.70. The first-order valence-corrected chi connectivity index (χ1v) is 17.1. The maximum absolute atomic E-state index is 14.3.